The fourth-order valence-electron chi connectivity index (χ4n) is 6.28. The fraction of sp³-hybridized carbons (Fsp3) is 0.763. The molecular formula is C38H64O6SSi. The van der Waals surface area contributed by atoms with Gasteiger partial charge in [0.05, 0.1) is 38.1 Å². The van der Waals surface area contributed by atoms with Crippen molar-refractivity contribution in [3.8, 4) is 5.75 Å². The summed E-state index contributed by atoms with van der Waals surface area (Å²) in [6.07, 6.45) is 10.2. The lowest BCUT2D eigenvalue weighted by Gasteiger charge is -2.44. The molecule has 1 heterocycles. The molecule has 0 radical (unpaired) electrons. The number of rotatable bonds is 14. The normalized spacial score (nSPS) is 22.8. The van der Waals surface area contributed by atoms with Crippen LogP contribution < -0.4 is 4.74 Å². The smallest absolute Gasteiger partial charge is 0.192 e. The van der Waals surface area contributed by atoms with Gasteiger partial charge in [-0.25, -0.2) is 0 Å². The Morgan fingerprint density at radius 2 is 1.67 bits per heavy atom. The molecule has 2 aliphatic rings. The second kappa shape index (κ2) is 16.5. The van der Waals surface area contributed by atoms with E-state index in [4.69, 9.17) is 23.4 Å². The minimum atomic E-state index is -2.11. The van der Waals surface area contributed by atoms with Crippen molar-refractivity contribution in [1.82, 2.24) is 0 Å². The summed E-state index contributed by atoms with van der Waals surface area (Å²) < 4.78 is 32.1. The van der Waals surface area contributed by atoms with Crippen molar-refractivity contribution in [2.45, 2.75) is 167 Å². The van der Waals surface area contributed by atoms with E-state index in [9.17, 15) is 4.79 Å². The topological polar surface area (TPSA) is 63.2 Å². The van der Waals surface area contributed by atoms with Gasteiger partial charge in [-0.15, -0.1) is 0 Å². The lowest BCUT2D eigenvalue weighted by Crippen LogP contribution is -2.49. The number of thioether (sulfide) groups is 1. The highest BCUT2D eigenvalue weighted by atomic mass is 32.2. The predicted octanol–water partition coefficient (Wildman–Crippen LogP) is 10.1. The second-order valence-corrected chi connectivity index (χ2v) is 23.0. The first kappa shape index (κ1) is 39.3. The molecule has 0 unspecified atom stereocenters. The summed E-state index contributed by atoms with van der Waals surface area (Å²) in [6, 6.07) is 8.08. The average molecular weight is 677 g/mol. The van der Waals surface area contributed by atoms with Gasteiger partial charge in [-0.2, -0.15) is 0 Å². The molecule has 0 bridgehead atoms. The number of hydrogen-bond acceptors (Lipinski definition) is 7. The van der Waals surface area contributed by atoms with Gasteiger partial charge in [0.2, 0.25) is 0 Å². The first-order valence-electron chi connectivity index (χ1n) is 17.5. The number of ether oxygens (including phenoxy) is 4. The van der Waals surface area contributed by atoms with Gasteiger partial charge in [-0.05, 0) is 61.0 Å². The van der Waals surface area contributed by atoms with E-state index in [1.54, 1.807) is 7.11 Å². The number of benzene rings is 1. The molecule has 1 spiro atoms. The van der Waals surface area contributed by atoms with E-state index in [1.165, 1.54) is 11.8 Å². The zero-order valence-corrected chi connectivity index (χ0v) is 32.8. The highest BCUT2D eigenvalue weighted by molar-refractivity contribution is 8.14. The molecule has 262 valence electrons. The Kier molecular flexibility index (Phi) is 14.1. The molecular weight excluding hydrogens is 613 g/mol. The fourth-order valence-corrected chi connectivity index (χ4v) is 8.60. The molecule has 0 amide bonds. The summed E-state index contributed by atoms with van der Waals surface area (Å²) in [5.41, 5.74) is 1.13. The third kappa shape index (κ3) is 12.1. The van der Waals surface area contributed by atoms with Crippen LogP contribution in [-0.2, 0) is 30.0 Å². The predicted molar refractivity (Wildman–Crippen MR) is 194 cm³/mol. The van der Waals surface area contributed by atoms with Gasteiger partial charge in [-0.1, -0.05) is 98.4 Å². The maximum Gasteiger partial charge on any atom is 0.192 e. The van der Waals surface area contributed by atoms with Gasteiger partial charge < -0.3 is 23.4 Å². The Hall–Kier alpha value is -1.16. The zero-order chi connectivity index (χ0) is 34.3. The first-order chi connectivity index (χ1) is 21.3. The van der Waals surface area contributed by atoms with E-state index in [-0.39, 0.29) is 45.2 Å². The number of methoxy groups -OCH3 is 1. The van der Waals surface area contributed by atoms with E-state index < -0.39 is 14.1 Å². The molecule has 1 aliphatic carbocycles. The lowest BCUT2D eigenvalue weighted by atomic mass is 9.93. The molecule has 3 rings (SSSR count). The molecule has 5 atom stereocenters. The first-order valence-corrected chi connectivity index (χ1v) is 21.2. The average Bonchev–Trinajstić information content (AvgIpc) is 3.36. The van der Waals surface area contributed by atoms with E-state index in [1.807, 2.05) is 12.1 Å². The maximum absolute atomic E-state index is 13.2. The quantitative estimate of drug-likeness (QED) is 0.144. The number of carbonyl (C=O) groups excluding carboxylic acids is 1. The summed E-state index contributed by atoms with van der Waals surface area (Å²) in [6.45, 7) is 24.8. The zero-order valence-electron chi connectivity index (χ0n) is 30.9. The molecule has 1 saturated carbocycles. The standard InChI is InChI=1S/C38H64O6SSi/c1-27(2)35(41-26-29-16-19-30(40-10)20-17-29)28(3)15-18-31-23-32(43-38(42-31)21-13-14-22-38)24-33(25-34(39)45-36(4,5)6)44-46(11,12)37(7,8)9/h15-20,27-28,31-33,35H,13-14,21-26H2,1-12H3/b18-15+/t28-,31-,32-,33+,35-/m0/s1. The minimum absolute atomic E-state index is 0.0359. The Bertz CT molecular complexity index is 1110. The SMILES string of the molecule is COc1ccc(CO[C@@H](C(C)C)[C@@H](C)/C=C/[C@H]2C[C@@H](C[C@H](CC(=O)SC(C)(C)C)O[Si](C)(C)C(C)(C)C)OC3(CCCC3)O2)cc1. The van der Waals surface area contributed by atoms with Crippen molar-refractivity contribution >= 4 is 25.2 Å². The van der Waals surface area contributed by atoms with Crippen LogP contribution in [0.4, 0.5) is 0 Å². The molecule has 1 saturated heterocycles. The Morgan fingerprint density at radius 1 is 1.04 bits per heavy atom. The summed E-state index contributed by atoms with van der Waals surface area (Å²) in [7, 11) is -0.425. The Morgan fingerprint density at radius 3 is 2.22 bits per heavy atom. The van der Waals surface area contributed by atoms with Crippen LogP contribution in [0.1, 0.15) is 113 Å². The van der Waals surface area contributed by atoms with Gasteiger partial charge in [-0.3, -0.25) is 4.79 Å². The second-order valence-electron chi connectivity index (χ2n) is 16.4. The molecule has 1 aliphatic heterocycles. The van der Waals surface area contributed by atoms with Gasteiger partial charge in [0, 0.05) is 36.3 Å². The van der Waals surface area contributed by atoms with Crippen LogP contribution in [0.15, 0.2) is 36.4 Å². The van der Waals surface area contributed by atoms with Crippen LogP contribution >= 0.6 is 11.8 Å². The number of carbonyl (C=O) groups is 1. The van der Waals surface area contributed by atoms with Gasteiger partial charge in [0.1, 0.15) is 5.75 Å². The van der Waals surface area contributed by atoms with Crippen molar-refractivity contribution in [1.29, 1.82) is 0 Å². The van der Waals surface area contributed by atoms with Crippen LogP contribution in [0.3, 0.4) is 0 Å². The summed E-state index contributed by atoms with van der Waals surface area (Å²) in [5, 5.41) is 0.247. The molecule has 1 aromatic carbocycles. The van der Waals surface area contributed by atoms with E-state index >= 15 is 0 Å². The third-order valence-corrected chi connectivity index (χ3v) is 15.2. The van der Waals surface area contributed by atoms with Crippen LogP contribution in [-0.4, -0.2) is 55.5 Å². The van der Waals surface area contributed by atoms with Crippen LogP contribution in [0.25, 0.3) is 0 Å². The molecule has 0 aromatic heterocycles. The van der Waals surface area contributed by atoms with Gasteiger partial charge in [0.25, 0.3) is 0 Å². The molecule has 1 aromatic rings. The number of hydrogen-bond donors (Lipinski definition) is 0. The highest BCUT2D eigenvalue weighted by Gasteiger charge is 2.46. The van der Waals surface area contributed by atoms with Crippen LogP contribution in [0, 0.1) is 11.8 Å². The summed E-state index contributed by atoms with van der Waals surface area (Å²) in [4.78, 5) is 13.2. The molecule has 6 nitrogen and oxygen atoms in total. The summed E-state index contributed by atoms with van der Waals surface area (Å²) >= 11 is 1.42. The van der Waals surface area contributed by atoms with Crippen molar-refractivity contribution in [2.24, 2.45) is 11.8 Å². The maximum atomic E-state index is 13.2. The highest BCUT2D eigenvalue weighted by Crippen LogP contribution is 2.44. The van der Waals surface area contributed by atoms with E-state index in [0.29, 0.717) is 25.4 Å². The Balaban J connectivity index is 1.75. The molecule has 0 N–H and O–H groups in total. The van der Waals surface area contributed by atoms with Crippen molar-refractivity contribution < 1.29 is 28.2 Å². The van der Waals surface area contributed by atoms with Gasteiger partial charge >= 0.3 is 0 Å². The molecule has 46 heavy (non-hydrogen) atoms. The van der Waals surface area contributed by atoms with Crippen molar-refractivity contribution in [3.05, 3.63) is 42.0 Å². The lowest BCUT2D eigenvalue weighted by molar-refractivity contribution is -0.308. The van der Waals surface area contributed by atoms with Crippen LogP contribution in [0.5, 0.6) is 5.75 Å². The third-order valence-electron chi connectivity index (χ3n) is 9.62. The van der Waals surface area contributed by atoms with Crippen molar-refractivity contribution in [2.75, 3.05) is 7.11 Å². The van der Waals surface area contributed by atoms with E-state index in [2.05, 4.69) is 99.7 Å². The van der Waals surface area contributed by atoms with Crippen LogP contribution in [0.2, 0.25) is 18.1 Å². The van der Waals surface area contributed by atoms with E-state index in [0.717, 1.165) is 43.4 Å². The van der Waals surface area contributed by atoms with Crippen molar-refractivity contribution in [3.63, 3.8) is 0 Å². The van der Waals surface area contributed by atoms with Gasteiger partial charge in [0.15, 0.2) is 19.2 Å². The summed E-state index contributed by atoms with van der Waals surface area (Å²) in [5.74, 6) is 0.877. The largest absolute Gasteiger partial charge is 0.497 e. The minimum Gasteiger partial charge on any atom is -0.497 e. The Labute approximate surface area is 286 Å². The molecule has 2 fully saturated rings. The molecule has 8 heteroatoms. The monoisotopic (exact) mass is 676 g/mol.